The fourth-order valence-corrected chi connectivity index (χ4v) is 3.44. The summed E-state index contributed by atoms with van der Waals surface area (Å²) in [6.45, 7) is 3.13. The third-order valence-corrected chi connectivity index (χ3v) is 5.84. The SMILES string of the molecule is CCCCCCCCCCCC[n+]1ccn(S(=O)(=O)N(C)C)c1. The number of rotatable bonds is 13. The van der Waals surface area contributed by atoms with Crippen LogP contribution in [-0.2, 0) is 16.8 Å². The van der Waals surface area contributed by atoms with Crippen molar-refractivity contribution in [1.29, 1.82) is 0 Å². The van der Waals surface area contributed by atoms with E-state index >= 15 is 0 Å². The smallest absolute Gasteiger partial charge is 0.236 e. The number of aromatic nitrogens is 2. The molecule has 1 aromatic heterocycles. The molecule has 0 aliphatic carbocycles. The zero-order chi connectivity index (χ0) is 17.1. The van der Waals surface area contributed by atoms with Crippen molar-refractivity contribution < 1.29 is 13.0 Å². The fraction of sp³-hybridized carbons (Fsp3) is 0.824. The standard InChI is InChI=1S/C17H34N3O2S/c1-4-5-6-7-8-9-10-11-12-13-14-19-15-16-20(17-19)23(21,22)18(2)3/h15-17H,4-14H2,1-3H3/q+1. The molecule has 1 heterocycles. The van der Waals surface area contributed by atoms with E-state index in [0.717, 1.165) is 13.0 Å². The lowest BCUT2D eigenvalue weighted by Gasteiger charge is -2.05. The molecule has 6 heteroatoms. The average molecular weight is 345 g/mol. The molecular formula is C17H34N3O2S+. The summed E-state index contributed by atoms with van der Waals surface area (Å²) in [5.41, 5.74) is 0. The van der Waals surface area contributed by atoms with Crippen LogP contribution >= 0.6 is 0 Å². The topological polar surface area (TPSA) is 46.2 Å². The van der Waals surface area contributed by atoms with Crippen LogP contribution in [-0.4, -0.2) is 30.8 Å². The molecule has 5 nitrogen and oxygen atoms in total. The van der Waals surface area contributed by atoms with Crippen molar-refractivity contribution in [3.63, 3.8) is 0 Å². The van der Waals surface area contributed by atoms with Crippen LogP contribution in [0.1, 0.15) is 71.1 Å². The predicted molar refractivity (Wildman–Crippen MR) is 94.5 cm³/mol. The summed E-state index contributed by atoms with van der Waals surface area (Å²) in [4.78, 5) is 0. The minimum Gasteiger partial charge on any atom is -0.236 e. The van der Waals surface area contributed by atoms with E-state index < -0.39 is 10.2 Å². The summed E-state index contributed by atoms with van der Waals surface area (Å²) in [7, 11) is -0.292. The molecular weight excluding hydrogens is 310 g/mol. The number of imidazole rings is 1. The molecule has 0 aliphatic rings. The zero-order valence-electron chi connectivity index (χ0n) is 15.1. The van der Waals surface area contributed by atoms with Crippen molar-refractivity contribution in [2.24, 2.45) is 0 Å². The lowest BCUT2D eigenvalue weighted by atomic mass is 10.1. The molecule has 0 spiro atoms. The van der Waals surface area contributed by atoms with E-state index in [2.05, 4.69) is 6.92 Å². The van der Waals surface area contributed by atoms with Gasteiger partial charge in [-0.3, -0.25) is 0 Å². The van der Waals surface area contributed by atoms with Gasteiger partial charge in [0.25, 0.3) is 6.33 Å². The van der Waals surface area contributed by atoms with Crippen LogP contribution in [0, 0.1) is 0 Å². The van der Waals surface area contributed by atoms with Gasteiger partial charge in [0.05, 0.1) is 6.54 Å². The third kappa shape index (κ3) is 7.48. The maximum absolute atomic E-state index is 12.0. The summed E-state index contributed by atoms with van der Waals surface area (Å²) >= 11 is 0. The number of nitrogens with zero attached hydrogens (tertiary/aromatic N) is 3. The highest BCUT2D eigenvalue weighted by Crippen LogP contribution is 2.10. The van der Waals surface area contributed by atoms with Gasteiger partial charge in [-0.05, 0) is 12.8 Å². The van der Waals surface area contributed by atoms with E-state index in [9.17, 15) is 8.42 Å². The highest BCUT2D eigenvalue weighted by Gasteiger charge is 2.22. The molecule has 0 atom stereocenters. The molecule has 134 valence electrons. The number of aryl methyl sites for hydroxylation is 1. The lowest BCUT2D eigenvalue weighted by Crippen LogP contribution is -2.33. The predicted octanol–water partition coefficient (Wildman–Crippen LogP) is 3.35. The Balaban J connectivity index is 2.12. The van der Waals surface area contributed by atoms with Gasteiger partial charge in [0, 0.05) is 14.1 Å². The van der Waals surface area contributed by atoms with Gasteiger partial charge in [0.15, 0.2) is 0 Å². The number of hydrogen-bond donors (Lipinski definition) is 0. The second-order valence-electron chi connectivity index (χ2n) is 6.45. The van der Waals surface area contributed by atoms with E-state index in [0.29, 0.717) is 0 Å². The summed E-state index contributed by atoms with van der Waals surface area (Å²) in [6, 6.07) is 0. The minimum atomic E-state index is -3.38. The van der Waals surface area contributed by atoms with E-state index in [1.165, 1.54) is 66.1 Å². The van der Waals surface area contributed by atoms with Crippen LogP contribution in [0.5, 0.6) is 0 Å². The van der Waals surface area contributed by atoms with Crippen LogP contribution in [0.2, 0.25) is 0 Å². The molecule has 0 N–H and O–H groups in total. The molecule has 1 rings (SSSR count). The fourth-order valence-electron chi connectivity index (χ4n) is 2.61. The molecule has 0 unspecified atom stereocenters. The summed E-state index contributed by atoms with van der Waals surface area (Å²) in [6.07, 6.45) is 18.2. The summed E-state index contributed by atoms with van der Waals surface area (Å²) in [5, 5.41) is 0. The van der Waals surface area contributed by atoms with Crippen LogP contribution in [0.15, 0.2) is 18.7 Å². The Hall–Kier alpha value is -0.880. The molecule has 1 aromatic rings. The largest absolute Gasteiger partial charge is 0.379 e. The Kier molecular flexibility index (Phi) is 9.48. The Morgan fingerprint density at radius 1 is 0.913 bits per heavy atom. The Morgan fingerprint density at radius 3 is 1.96 bits per heavy atom. The van der Waals surface area contributed by atoms with Gasteiger partial charge in [0.2, 0.25) is 0 Å². The molecule has 23 heavy (non-hydrogen) atoms. The molecule has 0 aliphatic heterocycles. The Labute approximate surface area is 142 Å². The second kappa shape index (κ2) is 10.8. The maximum atomic E-state index is 12.0. The number of unbranched alkanes of at least 4 members (excludes halogenated alkanes) is 9. The van der Waals surface area contributed by atoms with Gasteiger partial charge in [-0.25, -0.2) is 4.57 Å². The second-order valence-corrected chi connectivity index (χ2v) is 8.50. The van der Waals surface area contributed by atoms with Crippen LogP contribution < -0.4 is 4.57 Å². The van der Waals surface area contributed by atoms with E-state index in [1.807, 2.05) is 10.8 Å². The van der Waals surface area contributed by atoms with Crippen LogP contribution in [0.25, 0.3) is 0 Å². The highest BCUT2D eigenvalue weighted by atomic mass is 32.2. The Morgan fingerprint density at radius 2 is 1.43 bits per heavy atom. The van der Waals surface area contributed by atoms with Crippen molar-refractivity contribution in [3.8, 4) is 0 Å². The minimum absolute atomic E-state index is 0.881. The first-order chi connectivity index (χ1) is 11.0. The lowest BCUT2D eigenvalue weighted by molar-refractivity contribution is -0.696. The summed E-state index contributed by atoms with van der Waals surface area (Å²) in [5.74, 6) is 0. The van der Waals surface area contributed by atoms with Gasteiger partial charge in [-0.15, -0.1) is 3.97 Å². The van der Waals surface area contributed by atoms with Crippen LogP contribution in [0.3, 0.4) is 0 Å². The average Bonchev–Trinajstić information content (AvgIpc) is 2.98. The monoisotopic (exact) mass is 344 g/mol. The van der Waals surface area contributed by atoms with Crippen molar-refractivity contribution in [2.75, 3.05) is 14.1 Å². The first-order valence-corrected chi connectivity index (χ1v) is 10.4. The molecule has 0 aromatic carbocycles. The number of hydrogen-bond acceptors (Lipinski definition) is 2. The van der Waals surface area contributed by atoms with Gasteiger partial charge in [-0.2, -0.15) is 12.7 Å². The quantitative estimate of drug-likeness (QED) is 0.407. The first kappa shape index (κ1) is 20.2. The zero-order valence-corrected chi connectivity index (χ0v) is 15.9. The molecule has 0 fully saturated rings. The summed E-state index contributed by atoms with van der Waals surface area (Å²) < 4.78 is 28.4. The van der Waals surface area contributed by atoms with E-state index in [-0.39, 0.29) is 0 Å². The molecule has 0 bridgehead atoms. The molecule has 0 saturated carbocycles. The van der Waals surface area contributed by atoms with Crippen LogP contribution in [0.4, 0.5) is 0 Å². The van der Waals surface area contributed by atoms with Gasteiger partial charge in [-0.1, -0.05) is 58.3 Å². The van der Waals surface area contributed by atoms with Crippen molar-refractivity contribution in [1.82, 2.24) is 8.28 Å². The van der Waals surface area contributed by atoms with E-state index in [1.54, 1.807) is 26.6 Å². The van der Waals surface area contributed by atoms with Gasteiger partial charge >= 0.3 is 10.2 Å². The Bertz CT molecular complexity index is 524. The third-order valence-electron chi connectivity index (χ3n) is 4.16. The first-order valence-electron chi connectivity index (χ1n) is 8.98. The molecule has 0 radical (unpaired) electrons. The normalized spacial score (nSPS) is 12.2. The van der Waals surface area contributed by atoms with Crippen molar-refractivity contribution in [3.05, 3.63) is 18.7 Å². The van der Waals surface area contributed by atoms with E-state index in [4.69, 9.17) is 0 Å². The van der Waals surface area contributed by atoms with Crippen molar-refractivity contribution in [2.45, 2.75) is 77.7 Å². The maximum Gasteiger partial charge on any atom is 0.379 e. The highest BCUT2D eigenvalue weighted by molar-refractivity contribution is 7.87. The van der Waals surface area contributed by atoms with Gasteiger partial charge in [0.1, 0.15) is 12.4 Å². The van der Waals surface area contributed by atoms with Crippen molar-refractivity contribution >= 4 is 10.2 Å². The molecule has 0 amide bonds. The van der Waals surface area contributed by atoms with Gasteiger partial charge < -0.3 is 0 Å². The molecule has 0 saturated heterocycles.